The van der Waals surface area contributed by atoms with Crippen molar-refractivity contribution in [2.75, 3.05) is 20.2 Å². The fourth-order valence-corrected chi connectivity index (χ4v) is 3.84. The maximum Gasteiger partial charge on any atom is 0.212 e. The van der Waals surface area contributed by atoms with Gasteiger partial charge in [-0.3, -0.25) is 9.80 Å². The Labute approximate surface area is 137 Å². The summed E-state index contributed by atoms with van der Waals surface area (Å²) in [7, 11) is 1.66. The molecule has 4 nitrogen and oxygen atoms in total. The molecular formula is C19H23N3O. The first-order valence-corrected chi connectivity index (χ1v) is 8.33. The Bertz CT molecular complexity index is 631. The molecule has 0 aliphatic carbocycles. The van der Waals surface area contributed by atoms with E-state index in [0.717, 1.165) is 13.1 Å². The number of rotatable bonds is 5. The number of fused-ring (bicyclic) bond motifs is 2. The molecule has 2 atom stereocenters. The second-order valence-corrected chi connectivity index (χ2v) is 6.60. The summed E-state index contributed by atoms with van der Waals surface area (Å²) in [6.07, 6.45) is 3.28. The first kappa shape index (κ1) is 14.7. The molecule has 2 aromatic rings. The number of methoxy groups -OCH3 is 1. The van der Waals surface area contributed by atoms with E-state index in [4.69, 9.17) is 4.74 Å². The molecule has 3 fully saturated rings. The van der Waals surface area contributed by atoms with Gasteiger partial charge < -0.3 is 4.74 Å². The first-order valence-electron chi connectivity index (χ1n) is 8.33. The largest absolute Gasteiger partial charge is 0.481 e. The molecule has 1 aromatic carbocycles. The number of nitrogens with zero attached hydrogens (tertiary/aromatic N) is 3. The van der Waals surface area contributed by atoms with Crippen molar-refractivity contribution in [1.29, 1.82) is 0 Å². The maximum absolute atomic E-state index is 5.13. The van der Waals surface area contributed by atoms with Crippen LogP contribution in [0.2, 0.25) is 0 Å². The lowest BCUT2D eigenvalue weighted by Gasteiger charge is -2.56. The molecule has 4 heteroatoms. The zero-order valence-electron chi connectivity index (χ0n) is 13.6. The lowest BCUT2D eigenvalue weighted by molar-refractivity contribution is -0.0774. The minimum absolute atomic E-state index is 0.687. The fourth-order valence-electron chi connectivity index (χ4n) is 3.84. The Kier molecular flexibility index (Phi) is 4.02. The van der Waals surface area contributed by atoms with Gasteiger partial charge in [-0.15, -0.1) is 0 Å². The topological polar surface area (TPSA) is 28.6 Å². The van der Waals surface area contributed by atoms with Crippen molar-refractivity contribution < 1.29 is 4.74 Å². The molecule has 5 rings (SSSR count). The smallest absolute Gasteiger partial charge is 0.212 e. The Morgan fingerprint density at radius 1 is 1.00 bits per heavy atom. The van der Waals surface area contributed by atoms with E-state index in [1.54, 1.807) is 7.11 Å². The van der Waals surface area contributed by atoms with Crippen LogP contribution in [0, 0.1) is 0 Å². The predicted molar refractivity (Wildman–Crippen MR) is 90.2 cm³/mol. The molecule has 2 unspecified atom stereocenters. The summed E-state index contributed by atoms with van der Waals surface area (Å²) in [5, 5.41) is 0. The van der Waals surface area contributed by atoms with Crippen molar-refractivity contribution in [3.63, 3.8) is 0 Å². The quantitative estimate of drug-likeness (QED) is 0.849. The molecule has 0 spiro atoms. The van der Waals surface area contributed by atoms with E-state index in [1.807, 2.05) is 12.3 Å². The van der Waals surface area contributed by atoms with Crippen LogP contribution in [0.15, 0.2) is 48.7 Å². The molecule has 3 aliphatic heterocycles. The van der Waals surface area contributed by atoms with E-state index in [9.17, 15) is 0 Å². The van der Waals surface area contributed by atoms with Crippen LogP contribution < -0.4 is 4.74 Å². The average molecular weight is 309 g/mol. The standard InChI is InChI=1S/C19H23N3O/c1-23-19-8-7-16(10-20-19)12-22-17-9-18(22)14-21(13-17)11-15-5-3-2-4-6-15/h2-8,10,17-18H,9,11-14H2,1H3. The molecule has 1 aromatic heterocycles. The lowest BCUT2D eigenvalue weighted by Crippen LogP contribution is -2.67. The van der Waals surface area contributed by atoms with Crippen molar-refractivity contribution in [2.45, 2.75) is 31.6 Å². The number of piperidine rings is 1. The van der Waals surface area contributed by atoms with Gasteiger partial charge in [0.1, 0.15) is 0 Å². The molecule has 0 N–H and O–H groups in total. The molecule has 120 valence electrons. The van der Waals surface area contributed by atoms with Crippen LogP contribution >= 0.6 is 0 Å². The van der Waals surface area contributed by atoms with Crippen molar-refractivity contribution in [3.05, 3.63) is 59.8 Å². The van der Waals surface area contributed by atoms with Gasteiger partial charge in [0.2, 0.25) is 5.88 Å². The SMILES string of the molecule is COc1ccc(CN2C3CC2CN(Cc2ccccc2)C3)cn1. The van der Waals surface area contributed by atoms with Gasteiger partial charge in [-0.25, -0.2) is 4.98 Å². The summed E-state index contributed by atoms with van der Waals surface area (Å²) >= 11 is 0. The van der Waals surface area contributed by atoms with Crippen molar-refractivity contribution in [1.82, 2.24) is 14.8 Å². The summed E-state index contributed by atoms with van der Waals surface area (Å²) in [6.45, 7) is 4.43. The number of aromatic nitrogens is 1. The second kappa shape index (κ2) is 6.30. The Morgan fingerprint density at radius 3 is 2.43 bits per heavy atom. The normalized spacial score (nSPS) is 24.2. The highest BCUT2D eigenvalue weighted by Crippen LogP contribution is 2.34. The summed E-state index contributed by atoms with van der Waals surface area (Å²) in [5.41, 5.74) is 2.69. The number of ether oxygens (including phenoxy) is 1. The van der Waals surface area contributed by atoms with Crippen LogP contribution in [0.3, 0.4) is 0 Å². The molecule has 23 heavy (non-hydrogen) atoms. The van der Waals surface area contributed by atoms with E-state index in [1.165, 1.54) is 30.6 Å². The van der Waals surface area contributed by atoms with Crippen molar-refractivity contribution in [3.8, 4) is 5.88 Å². The highest BCUT2D eigenvalue weighted by Gasteiger charge is 2.44. The summed E-state index contributed by atoms with van der Waals surface area (Å²) in [6, 6.07) is 16.3. The third kappa shape index (κ3) is 3.09. The highest BCUT2D eigenvalue weighted by atomic mass is 16.5. The summed E-state index contributed by atoms with van der Waals surface area (Å²) < 4.78 is 5.13. The van der Waals surface area contributed by atoms with Crippen molar-refractivity contribution in [2.24, 2.45) is 0 Å². The number of hydrogen-bond donors (Lipinski definition) is 0. The Hall–Kier alpha value is -1.91. The van der Waals surface area contributed by atoms with Crippen LogP contribution in [-0.4, -0.2) is 47.1 Å². The van der Waals surface area contributed by atoms with E-state index in [2.05, 4.69) is 51.2 Å². The van der Waals surface area contributed by atoms with Gasteiger partial charge in [0.05, 0.1) is 7.11 Å². The van der Waals surface area contributed by atoms with Gasteiger partial charge >= 0.3 is 0 Å². The van der Waals surface area contributed by atoms with Gasteiger partial charge in [-0.05, 0) is 17.5 Å². The molecule has 0 radical (unpaired) electrons. The van der Waals surface area contributed by atoms with Crippen LogP contribution in [0.25, 0.3) is 0 Å². The van der Waals surface area contributed by atoms with E-state index < -0.39 is 0 Å². The number of pyridine rings is 1. The van der Waals surface area contributed by atoms with Gasteiger partial charge in [0.15, 0.2) is 0 Å². The third-order valence-corrected chi connectivity index (χ3v) is 5.04. The van der Waals surface area contributed by atoms with Crippen LogP contribution in [0.4, 0.5) is 0 Å². The fraction of sp³-hybridized carbons (Fsp3) is 0.421. The third-order valence-electron chi connectivity index (χ3n) is 5.04. The van der Waals surface area contributed by atoms with E-state index >= 15 is 0 Å². The Morgan fingerprint density at radius 2 is 1.78 bits per heavy atom. The molecule has 0 amide bonds. The van der Waals surface area contributed by atoms with Gasteiger partial charge in [0.25, 0.3) is 0 Å². The van der Waals surface area contributed by atoms with E-state index in [0.29, 0.717) is 18.0 Å². The summed E-state index contributed by atoms with van der Waals surface area (Å²) in [5.74, 6) is 0.687. The second-order valence-electron chi connectivity index (χ2n) is 6.60. The molecule has 3 aliphatic rings. The van der Waals surface area contributed by atoms with Gasteiger partial charge in [0, 0.05) is 50.5 Å². The molecular weight excluding hydrogens is 286 g/mol. The minimum Gasteiger partial charge on any atom is -0.481 e. The van der Waals surface area contributed by atoms with Crippen LogP contribution in [0.5, 0.6) is 5.88 Å². The zero-order valence-corrected chi connectivity index (χ0v) is 13.6. The van der Waals surface area contributed by atoms with E-state index in [-0.39, 0.29) is 0 Å². The lowest BCUT2D eigenvalue weighted by atomic mass is 9.86. The Balaban J connectivity index is 1.34. The molecule has 0 saturated carbocycles. The molecule has 2 bridgehead atoms. The van der Waals surface area contributed by atoms with Crippen molar-refractivity contribution >= 4 is 0 Å². The minimum atomic E-state index is 0.687. The monoisotopic (exact) mass is 309 g/mol. The highest BCUT2D eigenvalue weighted by molar-refractivity contribution is 5.19. The first-order chi connectivity index (χ1) is 11.3. The number of piperazine rings is 1. The summed E-state index contributed by atoms with van der Waals surface area (Å²) in [4.78, 5) is 9.54. The number of hydrogen-bond acceptors (Lipinski definition) is 4. The zero-order chi connectivity index (χ0) is 15.6. The average Bonchev–Trinajstić information content (AvgIpc) is 2.61. The molecule has 3 saturated heterocycles. The molecule has 4 heterocycles. The number of benzene rings is 1. The van der Waals surface area contributed by atoms with Crippen LogP contribution in [-0.2, 0) is 13.1 Å². The van der Waals surface area contributed by atoms with Gasteiger partial charge in [-0.1, -0.05) is 36.4 Å². The van der Waals surface area contributed by atoms with Crippen LogP contribution in [0.1, 0.15) is 17.5 Å². The predicted octanol–water partition coefficient (Wildman–Crippen LogP) is 2.55. The maximum atomic E-state index is 5.13. The van der Waals surface area contributed by atoms with Gasteiger partial charge in [-0.2, -0.15) is 0 Å².